The third-order valence-corrected chi connectivity index (χ3v) is 2.60. The molecule has 1 N–H and O–H groups in total. The predicted molar refractivity (Wildman–Crippen MR) is 55.1 cm³/mol. The smallest absolute Gasteiger partial charge is 0.303 e. The molecule has 0 amide bonds. The number of carboxylic acids is 1. The molecule has 0 bridgehead atoms. The summed E-state index contributed by atoms with van der Waals surface area (Å²) < 4.78 is 0.862. The van der Waals surface area contributed by atoms with Crippen molar-refractivity contribution in [3.63, 3.8) is 0 Å². The minimum atomic E-state index is -0.790. The summed E-state index contributed by atoms with van der Waals surface area (Å²) >= 11 is 9.05. The Morgan fingerprint density at radius 2 is 2.23 bits per heavy atom. The summed E-state index contributed by atoms with van der Waals surface area (Å²) in [6.45, 7) is 0. The van der Waals surface area contributed by atoms with Crippen LogP contribution in [0.5, 0.6) is 0 Å². The molecule has 0 aliphatic carbocycles. The van der Waals surface area contributed by atoms with E-state index in [1.165, 1.54) is 0 Å². The summed E-state index contributed by atoms with van der Waals surface area (Å²) in [4.78, 5) is 10.3. The summed E-state index contributed by atoms with van der Waals surface area (Å²) in [5, 5.41) is 9.12. The first-order valence-corrected chi connectivity index (χ1v) is 4.92. The van der Waals surface area contributed by atoms with E-state index in [0.29, 0.717) is 11.4 Å². The topological polar surface area (TPSA) is 37.3 Å². The second-order valence-corrected chi connectivity index (χ2v) is 3.92. The molecule has 0 aliphatic rings. The molecule has 0 radical (unpaired) electrons. The number of rotatable bonds is 3. The third-order valence-electron chi connectivity index (χ3n) is 1.62. The normalized spacial score (nSPS) is 10.0. The SMILES string of the molecule is O=C(O)CCc1ccc(Cl)cc1Br. The van der Waals surface area contributed by atoms with Crippen molar-refractivity contribution in [3.05, 3.63) is 33.3 Å². The van der Waals surface area contributed by atoms with Crippen molar-refractivity contribution in [2.24, 2.45) is 0 Å². The average molecular weight is 264 g/mol. The first-order chi connectivity index (χ1) is 6.09. The highest BCUT2D eigenvalue weighted by atomic mass is 79.9. The molecule has 1 rings (SSSR count). The molecular formula is C9H8BrClO2. The Balaban J connectivity index is 2.72. The number of carbonyl (C=O) groups is 1. The lowest BCUT2D eigenvalue weighted by atomic mass is 10.1. The molecule has 0 spiro atoms. The van der Waals surface area contributed by atoms with Crippen LogP contribution < -0.4 is 0 Å². The summed E-state index contributed by atoms with van der Waals surface area (Å²) in [7, 11) is 0. The van der Waals surface area contributed by atoms with Crippen LogP contribution in [0.3, 0.4) is 0 Å². The lowest BCUT2D eigenvalue weighted by Crippen LogP contribution is -1.97. The Morgan fingerprint density at radius 3 is 2.77 bits per heavy atom. The zero-order valence-electron chi connectivity index (χ0n) is 6.76. The Kier molecular flexibility index (Phi) is 3.75. The molecule has 1 aromatic carbocycles. The van der Waals surface area contributed by atoms with Crippen LogP contribution in [0, 0.1) is 0 Å². The van der Waals surface area contributed by atoms with Gasteiger partial charge < -0.3 is 5.11 Å². The number of halogens is 2. The Morgan fingerprint density at radius 1 is 1.54 bits per heavy atom. The van der Waals surface area contributed by atoms with Gasteiger partial charge in [-0.05, 0) is 24.1 Å². The molecule has 0 fully saturated rings. The Labute approximate surface area is 89.7 Å². The number of aliphatic carboxylic acids is 1. The van der Waals surface area contributed by atoms with Gasteiger partial charge in [0.25, 0.3) is 0 Å². The zero-order valence-corrected chi connectivity index (χ0v) is 9.10. The van der Waals surface area contributed by atoms with Gasteiger partial charge >= 0.3 is 5.97 Å². The highest BCUT2D eigenvalue weighted by Crippen LogP contribution is 2.22. The van der Waals surface area contributed by atoms with Crippen LogP contribution in [0.25, 0.3) is 0 Å². The first-order valence-electron chi connectivity index (χ1n) is 3.75. The molecule has 4 heteroatoms. The van der Waals surface area contributed by atoms with Crippen molar-refractivity contribution < 1.29 is 9.90 Å². The monoisotopic (exact) mass is 262 g/mol. The van der Waals surface area contributed by atoms with E-state index in [1.807, 2.05) is 6.07 Å². The standard InChI is InChI=1S/C9H8BrClO2/c10-8-5-7(11)3-1-6(8)2-4-9(12)13/h1,3,5H,2,4H2,(H,12,13). The highest BCUT2D eigenvalue weighted by Gasteiger charge is 2.03. The predicted octanol–water partition coefficient (Wildman–Crippen LogP) is 3.12. The molecule has 0 saturated carbocycles. The van der Waals surface area contributed by atoms with Crippen molar-refractivity contribution in [3.8, 4) is 0 Å². The molecule has 0 saturated heterocycles. The molecule has 0 heterocycles. The maximum atomic E-state index is 10.3. The molecule has 0 aliphatic heterocycles. The summed E-state index contributed by atoms with van der Waals surface area (Å²) in [5.74, 6) is -0.790. The molecule has 1 aromatic rings. The number of hydrogen-bond acceptors (Lipinski definition) is 1. The van der Waals surface area contributed by atoms with E-state index in [-0.39, 0.29) is 6.42 Å². The van der Waals surface area contributed by atoms with E-state index in [1.54, 1.807) is 12.1 Å². The molecule has 2 nitrogen and oxygen atoms in total. The van der Waals surface area contributed by atoms with Crippen molar-refractivity contribution in [1.29, 1.82) is 0 Å². The molecule has 0 aromatic heterocycles. The Bertz CT molecular complexity index is 325. The largest absolute Gasteiger partial charge is 0.481 e. The van der Waals surface area contributed by atoms with Gasteiger partial charge in [-0.3, -0.25) is 4.79 Å². The van der Waals surface area contributed by atoms with Gasteiger partial charge in [0.2, 0.25) is 0 Å². The second-order valence-electron chi connectivity index (χ2n) is 2.63. The fraction of sp³-hybridized carbons (Fsp3) is 0.222. The molecule has 0 atom stereocenters. The van der Waals surface area contributed by atoms with Crippen LogP contribution in [0.4, 0.5) is 0 Å². The minimum Gasteiger partial charge on any atom is -0.481 e. The van der Waals surface area contributed by atoms with Crippen LogP contribution in [-0.4, -0.2) is 11.1 Å². The van der Waals surface area contributed by atoms with Gasteiger partial charge in [0.05, 0.1) is 0 Å². The van der Waals surface area contributed by atoms with E-state index in [9.17, 15) is 4.79 Å². The molecule has 0 unspecified atom stereocenters. The number of aryl methyl sites for hydroxylation is 1. The van der Waals surface area contributed by atoms with Gasteiger partial charge in [-0.1, -0.05) is 33.6 Å². The quantitative estimate of drug-likeness (QED) is 0.910. The van der Waals surface area contributed by atoms with Gasteiger partial charge in [-0.15, -0.1) is 0 Å². The Hall–Kier alpha value is -0.540. The van der Waals surface area contributed by atoms with Crippen LogP contribution in [0.2, 0.25) is 5.02 Å². The van der Waals surface area contributed by atoms with Gasteiger partial charge in [-0.2, -0.15) is 0 Å². The van der Waals surface area contributed by atoms with Gasteiger partial charge in [0.1, 0.15) is 0 Å². The summed E-state index contributed by atoms with van der Waals surface area (Å²) in [5.41, 5.74) is 0.965. The van der Waals surface area contributed by atoms with Crippen molar-refractivity contribution >= 4 is 33.5 Å². The minimum absolute atomic E-state index is 0.139. The van der Waals surface area contributed by atoms with Crippen molar-refractivity contribution in [1.82, 2.24) is 0 Å². The zero-order chi connectivity index (χ0) is 9.84. The fourth-order valence-corrected chi connectivity index (χ4v) is 1.85. The average Bonchev–Trinajstić information content (AvgIpc) is 2.02. The number of benzene rings is 1. The van der Waals surface area contributed by atoms with Crippen molar-refractivity contribution in [2.75, 3.05) is 0 Å². The number of carboxylic acid groups (broad SMARTS) is 1. The van der Waals surface area contributed by atoms with E-state index in [4.69, 9.17) is 16.7 Å². The highest BCUT2D eigenvalue weighted by molar-refractivity contribution is 9.10. The lowest BCUT2D eigenvalue weighted by Gasteiger charge is -2.02. The molecule has 13 heavy (non-hydrogen) atoms. The van der Waals surface area contributed by atoms with Gasteiger partial charge in [0, 0.05) is 15.9 Å². The summed E-state index contributed by atoms with van der Waals surface area (Å²) in [6.07, 6.45) is 0.660. The first kappa shape index (κ1) is 10.5. The van der Waals surface area contributed by atoms with E-state index < -0.39 is 5.97 Å². The molecule has 70 valence electrons. The maximum absolute atomic E-state index is 10.3. The van der Waals surface area contributed by atoms with Crippen LogP contribution in [0.15, 0.2) is 22.7 Å². The second kappa shape index (κ2) is 4.63. The van der Waals surface area contributed by atoms with Crippen molar-refractivity contribution in [2.45, 2.75) is 12.8 Å². The number of hydrogen-bond donors (Lipinski definition) is 1. The van der Waals surface area contributed by atoms with Crippen LogP contribution >= 0.6 is 27.5 Å². The maximum Gasteiger partial charge on any atom is 0.303 e. The van der Waals surface area contributed by atoms with E-state index >= 15 is 0 Å². The fourth-order valence-electron chi connectivity index (χ4n) is 0.966. The lowest BCUT2D eigenvalue weighted by molar-refractivity contribution is -0.136. The van der Waals surface area contributed by atoms with Gasteiger partial charge in [-0.25, -0.2) is 0 Å². The van der Waals surface area contributed by atoms with E-state index in [2.05, 4.69) is 15.9 Å². The van der Waals surface area contributed by atoms with Crippen LogP contribution in [0.1, 0.15) is 12.0 Å². The van der Waals surface area contributed by atoms with Gasteiger partial charge in [0.15, 0.2) is 0 Å². The summed E-state index contributed by atoms with van der Waals surface area (Å²) in [6, 6.07) is 5.34. The van der Waals surface area contributed by atoms with E-state index in [0.717, 1.165) is 10.0 Å². The molecular weight excluding hydrogens is 255 g/mol. The van der Waals surface area contributed by atoms with Crippen LogP contribution in [-0.2, 0) is 11.2 Å². The third kappa shape index (κ3) is 3.36.